The zero-order valence-electron chi connectivity index (χ0n) is 14.3. The lowest BCUT2D eigenvalue weighted by Crippen LogP contribution is -2.36. The van der Waals surface area contributed by atoms with Crippen molar-refractivity contribution in [1.82, 2.24) is 4.31 Å². The van der Waals surface area contributed by atoms with Gasteiger partial charge in [0.1, 0.15) is 9.77 Å². The van der Waals surface area contributed by atoms with Crippen LogP contribution in [0.4, 0.5) is 5.69 Å². The number of piperidine rings is 1. The van der Waals surface area contributed by atoms with Crippen molar-refractivity contribution in [1.29, 1.82) is 0 Å². The van der Waals surface area contributed by atoms with Crippen LogP contribution in [0, 0.1) is 0 Å². The number of hydrogen-bond donors (Lipinski definition) is 2. The molecule has 3 N–H and O–H groups in total. The van der Waals surface area contributed by atoms with Gasteiger partial charge in [0.25, 0.3) is 5.91 Å². The van der Waals surface area contributed by atoms with Crippen molar-refractivity contribution < 1.29 is 18.0 Å². The van der Waals surface area contributed by atoms with E-state index >= 15 is 0 Å². The van der Waals surface area contributed by atoms with E-state index in [0.29, 0.717) is 18.8 Å². The quantitative estimate of drug-likeness (QED) is 0.764. The van der Waals surface area contributed by atoms with Gasteiger partial charge in [-0.25, -0.2) is 8.42 Å². The van der Waals surface area contributed by atoms with Gasteiger partial charge in [0, 0.05) is 18.8 Å². The predicted molar refractivity (Wildman–Crippen MR) is 105 cm³/mol. The third kappa shape index (κ3) is 4.16. The Labute approximate surface area is 166 Å². The molecule has 1 aromatic heterocycles. The lowest BCUT2D eigenvalue weighted by atomic mass is 10.2. The first kappa shape index (κ1) is 19.8. The van der Waals surface area contributed by atoms with E-state index in [9.17, 15) is 18.0 Å². The lowest BCUT2D eigenvalue weighted by Gasteiger charge is -2.25. The maximum atomic E-state index is 12.9. The minimum atomic E-state index is -3.72. The highest BCUT2D eigenvalue weighted by Gasteiger charge is 2.31. The van der Waals surface area contributed by atoms with Crippen LogP contribution in [0.2, 0.25) is 5.02 Å². The number of nitrogens with zero attached hydrogens (tertiary/aromatic N) is 1. The fraction of sp³-hybridized carbons (Fsp3) is 0.294. The minimum Gasteiger partial charge on any atom is -0.366 e. The van der Waals surface area contributed by atoms with Crippen LogP contribution in [0.25, 0.3) is 0 Å². The van der Waals surface area contributed by atoms with E-state index in [1.54, 1.807) is 5.38 Å². The molecule has 1 aromatic carbocycles. The molecule has 7 nitrogen and oxygen atoms in total. The van der Waals surface area contributed by atoms with Crippen LogP contribution in [-0.4, -0.2) is 37.6 Å². The number of nitrogens with two attached hydrogens (primary N) is 1. The molecule has 0 spiro atoms. The van der Waals surface area contributed by atoms with Crippen LogP contribution in [-0.2, 0) is 10.0 Å². The number of carbonyl (C=O) groups is 2. The van der Waals surface area contributed by atoms with Crippen molar-refractivity contribution >= 4 is 50.5 Å². The van der Waals surface area contributed by atoms with Crippen molar-refractivity contribution in [3.63, 3.8) is 0 Å². The molecule has 2 amide bonds. The van der Waals surface area contributed by atoms with Crippen LogP contribution in [0.5, 0.6) is 0 Å². The van der Waals surface area contributed by atoms with E-state index in [1.807, 2.05) is 0 Å². The third-order valence-corrected chi connectivity index (χ3v) is 7.56. The van der Waals surface area contributed by atoms with Crippen molar-refractivity contribution in [2.75, 3.05) is 18.4 Å². The Bertz CT molecular complexity index is 982. The summed E-state index contributed by atoms with van der Waals surface area (Å²) >= 11 is 7.04. The molecule has 3 rings (SSSR count). The lowest BCUT2D eigenvalue weighted by molar-refractivity contribution is 0.0998. The molecule has 27 heavy (non-hydrogen) atoms. The normalized spacial score (nSPS) is 15.4. The summed E-state index contributed by atoms with van der Waals surface area (Å²) in [5.74, 6) is -1.23. The summed E-state index contributed by atoms with van der Waals surface area (Å²) in [5.41, 5.74) is 5.68. The molecule has 1 aliphatic heterocycles. The van der Waals surface area contributed by atoms with Crippen molar-refractivity contribution in [3.8, 4) is 0 Å². The number of sulfonamides is 1. The molecule has 0 saturated carbocycles. The summed E-state index contributed by atoms with van der Waals surface area (Å²) in [4.78, 5) is 24.0. The van der Waals surface area contributed by atoms with Crippen LogP contribution < -0.4 is 11.1 Å². The molecule has 2 heterocycles. The number of thiophene rings is 1. The third-order valence-electron chi connectivity index (χ3n) is 4.26. The number of nitrogens with one attached hydrogen (secondary N) is 1. The SMILES string of the molecule is NC(=O)c1ccc(NC(=O)c2sccc2S(=O)(=O)N2CCCCC2)cc1Cl. The van der Waals surface area contributed by atoms with Gasteiger partial charge in [0.15, 0.2) is 0 Å². The second-order valence-corrected chi connectivity index (χ2v) is 9.32. The standard InChI is InChI=1S/C17H18ClN3O4S2/c18-13-10-11(4-5-12(13)16(19)22)20-17(23)15-14(6-9-26-15)27(24,25)21-7-2-1-3-8-21/h4-6,9-10H,1-3,7-8H2,(H2,19,22)(H,20,23). The molecule has 0 atom stereocenters. The highest BCUT2D eigenvalue weighted by molar-refractivity contribution is 7.89. The van der Waals surface area contributed by atoms with Crippen molar-refractivity contribution in [2.24, 2.45) is 5.73 Å². The van der Waals surface area contributed by atoms with Crippen LogP contribution >= 0.6 is 22.9 Å². The number of carbonyl (C=O) groups excluding carboxylic acids is 2. The van der Waals surface area contributed by atoms with E-state index < -0.39 is 21.8 Å². The molecule has 1 saturated heterocycles. The topological polar surface area (TPSA) is 110 Å². The Kier molecular flexibility index (Phi) is 5.85. The number of halogens is 1. The van der Waals surface area contributed by atoms with Gasteiger partial charge in [-0.3, -0.25) is 9.59 Å². The fourth-order valence-corrected chi connectivity index (χ4v) is 5.98. The maximum Gasteiger partial charge on any atom is 0.267 e. The number of amides is 2. The van der Waals surface area contributed by atoms with E-state index in [4.69, 9.17) is 17.3 Å². The smallest absolute Gasteiger partial charge is 0.267 e. The average Bonchev–Trinajstić information content (AvgIpc) is 3.13. The summed E-state index contributed by atoms with van der Waals surface area (Å²) in [6.07, 6.45) is 2.64. The molecule has 144 valence electrons. The Morgan fingerprint density at radius 2 is 1.85 bits per heavy atom. The number of hydrogen-bond acceptors (Lipinski definition) is 5. The highest BCUT2D eigenvalue weighted by atomic mass is 35.5. The molecule has 2 aromatic rings. The van der Waals surface area contributed by atoms with Gasteiger partial charge in [-0.05, 0) is 42.5 Å². The molecule has 0 bridgehead atoms. The number of primary amides is 1. The summed E-state index contributed by atoms with van der Waals surface area (Å²) < 4.78 is 27.2. The second kappa shape index (κ2) is 7.97. The molecule has 0 radical (unpaired) electrons. The van der Waals surface area contributed by atoms with Gasteiger partial charge in [-0.1, -0.05) is 18.0 Å². The summed E-state index contributed by atoms with van der Waals surface area (Å²) in [6, 6.07) is 5.73. The van der Waals surface area contributed by atoms with Gasteiger partial charge in [-0.2, -0.15) is 4.31 Å². The van der Waals surface area contributed by atoms with Crippen molar-refractivity contribution in [3.05, 3.63) is 45.1 Å². The first-order valence-electron chi connectivity index (χ1n) is 8.29. The van der Waals surface area contributed by atoms with E-state index in [0.717, 1.165) is 30.6 Å². The first-order chi connectivity index (χ1) is 12.8. The Hall–Kier alpha value is -1.94. The monoisotopic (exact) mass is 427 g/mol. The maximum absolute atomic E-state index is 12.9. The Morgan fingerprint density at radius 1 is 1.15 bits per heavy atom. The first-order valence-corrected chi connectivity index (χ1v) is 11.0. The molecule has 0 unspecified atom stereocenters. The number of rotatable bonds is 5. The molecular weight excluding hydrogens is 410 g/mol. The average molecular weight is 428 g/mol. The predicted octanol–water partition coefficient (Wildman–Crippen LogP) is 2.93. The summed E-state index contributed by atoms with van der Waals surface area (Å²) in [7, 11) is -3.72. The van der Waals surface area contributed by atoms with Crippen LogP contribution in [0.3, 0.4) is 0 Å². The second-order valence-electron chi connectivity index (χ2n) is 6.09. The van der Waals surface area contributed by atoms with Gasteiger partial charge < -0.3 is 11.1 Å². The summed E-state index contributed by atoms with van der Waals surface area (Å²) in [5, 5.41) is 4.30. The molecule has 0 aliphatic carbocycles. The highest BCUT2D eigenvalue weighted by Crippen LogP contribution is 2.28. The Morgan fingerprint density at radius 3 is 2.48 bits per heavy atom. The van der Waals surface area contributed by atoms with E-state index in [1.165, 1.54) is 28.6 Å². The van der Waals surface area contributed by atoms with Crippen LogP contribution in [0.1, 0.15) is 39.3 Å². The van der Waals surface area contributed by atoms with Crippen molar-refractivity contribution in [2.45, 2.75) is 24.2 Å². The van der Waals surface area contributed by atoms with Gasteiger partial charge in [-0.15, -0.1) is 11.3 Å². The van der Waals surface area contributed by atoms with Gasteiger partial charge in [0.05, 0.1) is 10.6 Å². The molecule has 10 heteroatoms. The zero-order chi connectivity index (χ0) is 19.6. The number of benzene rings is 1. The molecule has 1 fully saturated rings. The molecular formula is C17H18ClN3O4S2. The molecule has 1 aliphatic rings. The number of anilines is 1. The van der Waals surface area contributed by atoms with E-state index in [-0.39, 0.29) is 20.4 Å². The van der Waals surface area contributed by atoms with Crippen LogP contribution in [0.15, 0.2) is 34.5 Å². The van der Waals surface area contributed by atoms with E-state index in [2.05, 4.69) is 5.32 Å². The van der Waals surface area contributed by atoms with Gasteiger partial charge in [0.2, 0.25) is 15.9 Å². The minimum absolute atomic E-state index is 0.00625. The largest absolute Gasteiger partial charge is 0.366 e. The fourth-order valence-electron chi connectivity index (χ4n) is 2.89. The summed E-state index contributed by atoms with van der Waals surface area (Å²) in [6.45, 7) is 0.923. The van der Waals surface area contributed by atoms with Gasteiger partial charge >= 0.3 is 0 Å². The Balaban J connectivity index is 1.84. The zero-order valence-corrected chi connectivity index (χ0v) is 16.7.